The number of nitrogens with one attached hydrogen (secondary N) is 1. The van der Waals surface area contributed by atoms with Gasteiger partial charge in [0.05, 0.1) is 0 Å². The molecule has 2 aliphatic heterocycles. The van der Waals surface area contributed by atoms with Crippen LogP contribution < -0.4 is 5.32 Å². The van der Waals surface area contributed by atoms with Gasteiger partial charge in [-0.1, -0.05) is 32.6 Å². The molecule has 21 heavy (non-hydrogen) atoms. The minimum absolute atomic E-state index is 0.748. The lowest BCUT2D eigenvalue weighted by molar-refractivity contribution is 0.137. The topological polar surface area (TPSA) is 18.5 Å². The Morgan fingerprint density at radius 1 is 0.810 bits per heavy atom. The quantitative estimate of drug-likeness (QED) is 0.804. The molecule has 3 rings (SSSR count). The molecule has 3 nitrogen and oxygen atoms in total. The summed E-state index contributed by atoms with van der Waals surface area (Å²) in [5.74, 6) is 0. The Kier molecular flexibility index (Phi) is 5.96. The number of piperidine rings is 1. The molecule has 0 aromatic rings. The van der Waals surface area contributed by atoms with Crippen molar-refractivity contribution >= 4 is 0 Å². The summed E-state index contributed by atoms with van der Waals surface area (Å²) in [6.07, 6.45) is 12.9. The second kappa shape index (κ2) is 7.94. The first-order chi connectivity index (χ1) is 10.4. The molecule has 2 heterocycles. The first kappa shape index (κ1) is 15.8. The molecule has 3 aliphatic rings. The standard InChI is InChI=1S/C18H35N3/c1-2-19-17-9-5-3-6-10-18(17)21-14-11-16(15-21)20-12-7-4-8-13-20/h16-19H,2-15H2,1H3. The maximum Gasteiger partial charge on any atom is 0.0250 e. The molecule has 0 aromatic carbocycles. The summed E-state index contributed by atoms with van der Waals surface area (Å²) in [6.45, 7) is 8.80. The van der Waals surface area contributed by atoms with Gasteiger partial charge >= 0.3 is 0 Å². The Morgan fingerprint density at radius 2 is 1.57 bits per heavy atom. The summed E-state index contributed by atoms with van der Waals surface area (Å²) in [5.41, 5.74) is 0. The van der Waals surface area contributed by atoms with Crippen molar-refractivity contribution in [1.82, 2.24) is 15.1 Å². The molecule has 0 amide bonds. The number of likely N-dealkylation sites (tertiary alicyclic amines) is 2. The molecule has 1 saturated carbocycles. The highest BCUT2D eigenvalue weighted by Gasteiger charge is 2.35. The molecule has 122 valence electrons. The highest BCUT2D eigenvalue weighted by Crippen LogP contribution is 2.28. The van der Waals surface area contributed by atoms with E-state index in [1.807, 2.05) is 0 Å². The van der Waals surface area contributed by atoms with Crippen LogP contribution in [0.3, 0.4) is 0 Å². The molecule has 2 saturated heterocycles. The fourth-order valence-electron chi connectivity index (χ4n) is 4.88. The Morgan fingerprint density at radius 3 is 2.38 bits per heavy atom. The third-order valence-electron chi connectivity index (χ3n) is 6.02. The number of likely N-dealkylation sites (N-methyl/N-ethyl adjacent to an activating group) is 1. The van der Waals surface area contributed by atoms with Crippen LogP contribution in [-0.2, 0) is 0 Å². The van der Waals surface area contributed by atoms with E-state index in [4.69, 9.17) is 0 Å². The Hall–Kier alpha value is -0.120. The summed E-state index contributed by atoms with van der Waals surface area (Å²) in [5, 5.41) is 3.79. The van der Waals surface area contributed by atoms with E-state index in [2.05, 4.69) is 22.0 Å². The molecule has 3 fully saturated rings. The predicted octanol–water partition coefficient (Wildman–Crippen LogP) is 2.86. The van der Waals surface area contributed by atoms with Gasteiger partial charge in [0.15, 0.2) is 0 Å². The third-order valence-corrected chi connectivity index (χ3v) is 6.02. The van der Waals surface area contributed by atoms with Crippen molar-refractivity contribution in [2.24, 2.45) is 0 Å². The van der Waals surface area contributed by atoms with E-state index in [9.17, 15) is 0 Å². The summed E-state index contributed by atoms with van der Waals surface area (Å²) in [6, 6.07) is 2.41. The lowest BCUT2D eigenvalue weighted by Crippen LogP contribution is -2.50. The second-order valence-electron chi connectivity index (χ2n) is 7.40. The second-order valence-corrected chi connectivity index (χ2v) is 7.40. The molecular weight excluding hydrogens is 258 g/mol. The molecule has 0 radical (unpaired) electrons. The number of rotatable bonds is 4. The molecule has 1 N–H and O–H groups in total. The smallest absolute Gasteiger partial charge is 0.0250 e. The van der Waals surface area contributed by atoms with Crippen LogP contribution >= 0.6 is 0 Å². The lowest BCUT2D eigenvalue weighted by atomic mass is 10.0. The zero-order valence-corrected chi connectivity index (χ0v) is 14.0. The summed E-state index contributed by atoms with van der Waals surface area (Å²) in [4.78, 5) is 5.64. The summed E-state index contributed by atoms with van der Waals surface area (Å²) in [7, 11) is 0. The molecule has 3 atom stereocenters. The van der Waals surface area contributed by atoms with Gasteiger partial charge in [-0.2, -0.15) is 0 Å². The summed E-state index contributed by atoms with van der Waals surface area (Å²) >= 11 is 0. The molecular formula is C18H35N3. The number of hydrogen-bond donors (Lipinski definition) is 1. The monoisotopic (exact) mass is 293 g/mol. The van der Waals surface area contributed by atoms with Crippen molar-refractivity contribution in [3.63, 3.8) is 0 Å². The van der Waals surface area contributed by atoms with Gasteiger partial charge in [-0.3, -0.25) is 9.80 Å². The first-order valence-corrected chi connectivity index (χ1v) is 9.60. The number of nitrogens with zero attached hydrogens (tertiary/aromatic N) is 2. The highest BCUT2D eigenvalue weighted by molar-refractivity contribution is 4.93. The Labute approximate surface area is 131 Å². The van der Waals surface area contributed by atoms with Crippen molar-refractivity contribution in [3.05, 3.63) is 0 Å². The molecule has 0 bridgehead atoms. The van der Waals surface area contributed by atoms with E-state index in [1.54, 1.807) is 0 Å². The minimum atomic E-state index is 0.748. The zero-order valence-electron chi connectivity index (χ0n) is 14.0. The van der Waals surface area contributed by atoms with Crippen LogP contribution in [0.15, 0.2) is 0 Å². The van der Waals surface area contributed by atoms with E-state index < -0.39 is 0 Å². The maximum absolute atomic E-state index is 3.79. The SMILES string of the molecule is CCNC1CCCCCC1N1CCC(N2CCCCC2)C1. The van der Waals surface area contributed by atoms with Gasteiger partial charge in [-0.05, 0) is 51.7 Å². The minimum Gasteiger partial charge on any atom is -0.313 e. The van der Waals surface area contributed by atoms with Gasteiger partial charge < -0.3 is 5.32 Å². The normalized spacial score (nSPS) is 36.7. The zero-order chi connectivity index (χ0) is 14.5. The van der Waals surface area contributed by atoms with E-state index in [-0.39, 0.29) is 0 Å². The lowest BCUT2D eigenvalue weighted by Gasteiger charge is -2.36. The van der Waals surface area contributed by atoms with Crippen LogP contribution in [0.5, 0.6) is 0 Å². The number of hydrogen-bond acceptors (Lipinski definition) is 3. The van der Waals surface area contributed by atoms with Gasteiger partial charge in [-0.15, -0.1) is 0 Å². The van der Waals surface area contributed by atoms with Crippen molar-refractivity contribution in [2.75, 3.05) is 32.7 Å². The van der Waals surface area contributed by atoms with Gasteiger partial charge in [-0.25, -0.2) is 0 Å². The largest absolute Gasteiger partial charge is 0.313 e. The molecule has 0 spiro atoms. The molecule has 3 unspecified atom stereocenters. The van der Waals surface area contributed by atoms with E-state index in [1.165, 1.54) is 84.0 Å². The van der Waals surface area contributed by atoms with Crippen molar-refractivity contribution in [3.8, 4) is 0 Å². The van der Waals surface area contributed by atoms with Gasteiger partial charge in [0, 0.05) is 31.2 Å². The van der Waals surface area contributed by atoms with E-state index >= 15 is 0 Å². The Bertz CT molecular complexity index is 301. The van der Waals surface area contributed by atoms with Gasteiger partial charge in [0.2, 0.25) is 0 Å². The average Bonchev–Trinajstić information content (AvgIpc) is 2.90. The Balaban J connectivity index is 1.57. The van der Waals surface area contributed by atoms with Crippen LogP contribution in [0.4, 0.5) is 0 Å². The van der Waals surface area contributed by atoms with Crippen LogP contribution in [0.1, 0.15) is 64.7 Å². The van der Waals surface area contributed by atoms with Crippen molar-refractivity contribution < 1.29 is 0 Å². The summed E-state index contributed by atoms with van der Waals surface area (Å²) < 4.78 is 0. The predicted molar refractivity (Wildman–Crippen MR) is 89.7 cm³/mol. The van der Waals surface area contributed by atoms with Gasteiger partial charge in [0.25, 0.3) is 0 Å². The molecule has 1 aliphatic carbocycles. The molecule has 0 aromatic heterocycles. The van der Waals surface area contributed by atoms with Crippen LogP contribution in [0.2, 0.25) is 0 Å². The third kappa shape index (κ3) is 4.00. The van der Waals surface area contributed by atoms with E-state index in [0.29, 0.717) is 0 Å². The fraction of sp³-hybridized carbons (Fsp3) is 1.00. The van der Waals surface area contributed by atoms with Crippen LogP contribution in [0, 0.1) is 0 Å². The van der Waals surface area contributed by atoms with Crippen LogP contribution in [-0.4, -0.2) is 60.6 Å². The van der Waals surface area contributed by atoms with Gasteiger partial charge in [0.1, 0.15) is 0 Å². The van der Waals surface area contributed by atoms with Crippen molar-refractivity contribution in [2.45, 2.75) is 82.8 Å². The molecule has 3 heteroatoms. The van der Waals surface area contributed by atoms with Crippen molar-refractivity contribution in [1.29, 1.82) is 0 Å². The first-order valence-electron chi connectivity index (χ1n) is 9.60. The average molecular weight is 293 g/mol. The highest BCUT2D eigenvalue weighted by atomic mass is 15.3. The maximum atomic E-state index is 3.79. The van der Waals surface area contributed by atoms with Crippen LogP contribution in [0.25, 0.3) is 0 Å². The van der Waals surface area contributed by atoms with E-state index in [0.717, 1.165) is 24.7 Å². The fourth-order valence-corrected chi connectivity index (χ4v) is 4.88.